The Labute approximate surface area is 287 Å². The largest absolute Gasteiger partial charge is 0.117 e. The number of rotatable bonds is 7. The average molecular weight is 651 g/mol. The third-order valence-electron chi connectivity index (χ3n) is 9.84. The zero-order chi connectivity index (χ0) is 32.6. The molecular formula is C46H36P2. The minimum Gasteiger partial charge on any atom is -0.117 e. The summed E-state index contributed by atoms with van der Waals surface area (Å²) in [6, 6.07) is 70.8. The molecule has 230 valence electrons. The number of hydrogen-bond donors (Lipinski definition) is 0. The molecule has 0 aromatic heterocycles. The first-order valence-electron chi connectivity index (χ1n) is 16.4. The topological polar surface area (TPSA) is 0 Å². The van der Waals surface area contributed by atoms with E-state index < -0.39 is 10.3 Å². The Morgan fingerprint density at radius 3 is 1.25 bits per heavy atom. The Kier molecular flexibility index (Phi) is 8.02. The standard InChI is InChI=1S/C46H36P2/c47-45(35-21-5-1-6-22-35,36-23-7-2-8-24-36)42-32-34-19-14-16-30-40(34)43(41-31-17-20-33-18-13-15-29-39(33)41)44(42)46(48,37-25-9-3-10-26-37)38-27-11-4-12-28-38/h1-32H,47-48H2. The van der Waals surface area contributed by atoms with Gasteiger partial charge in [0, 0.05) is 0 Å². The maximum atomic E-state index is 3.39. The van der Waals surface area contributed by atoms with E-state index in [1.807, 2.05) is 0 Å². The van der Waals surface area contributed by atoms with Crippen LogP contribution in [0.4, 0.5) is 0 Å². The molecule has 2 heteroatoms. The Balaban J connectivity index is 1.65. The SMILES string of the molecule is PC(c1ccccc1)(c1ccccc1)c1cc2ccccc2c(-c2cccc3ccccc23)c1C(P)(c1ccccc1)c1ccccc1. The monoisotopic (exact) mass is 650 g/mol. The van der Waals surface area contributed by atoms with Crippen molar-refractivity contribution in [2.24, 2.45) is 0 Å². The van der Waals surface area contributed by atoms with Crippen LogP contribution in [0, 0.1) is 0 Å². The molecule has 8 aromatic carbocycles. The first kappa shape index (κ1) is 30.5. The minimum absolute atomic E-state index is 0.577. The summed E-state index contributed by atoms with van der Waals surface area (Å²) in [5, 5.41) is 3.73. The molecule has 48 heavy (non-hydrogen) atoms. The molecule has 0 spiro atoms. The molecule has 2 unspecified atom stereocenters. The Morgan fingerprint density at radius 1 is 0.333 bits per heavy atom. The molecule has 0 aliphatic carbocycles. The normalized spacial score (nSPS) is 12.0. The van der Waals surface area contributed by atoms with Crippen LogP contribution in [0.25, 0.3) is 32.7 Å². The molecule has 8 aromatic rings. The maximum absolute atomic E-state index is 3.39. The first-order chi connectivity index (χ1) is 23.6. The van der Waals surface area contributed by atoms with Crippen LogP contribution in [0.5, 0.6) is 0 Å². The van der Waals surface area contributed by atoms with Crippen molar-refractivity contribution in [3.05, 3.63) is 228 Å². The van der Waals surface area contributed by atoms with Crippen LogP contribution in [-0.4, -0.2) is 0 Å². The van der Waals surface area contributed by atoms with Gasteiger partial charge in [-0.25, -0.2) is 0 Å². The third kappa shape index (κ3) is 5.00. The summed E-state index contributed by atoms with van der Waals surface area (Å²) in [5.41, 5.74) is 9.86. The van der Waals surface area contributed by atoms with Gasteiger partial charge in [-0.2, -0.15) is 0 Å². The van der Waals surface area contributed by atoms with E-state index in [0.717, 1.165) is 0 Å². The second kappa shape index (κ2) is 12.6. The summed E-state index contributed by atoms with van der Waals surface area (Å²) in [4.78, 5) is 0. The minimum atomic E-state index is -0.612. The summed E-state index contributed by atoms with van der Waals surface area (Å²) in [6.07, 6.45) is 0. The lowest BCUT2D eigenvalue weighted by Crippen LogP contribution is -2.31. The smallest absolute Gasteiger partial charge is 0.0600 e. The van der Waals surface area contributed by atoms with Crippen LogP contribution in [-0.2, 0) is 10.3 Å². The molecule has 8 rings (SSSR count). The number of fused-ring (bicyclic) bond motifs is 2. The van der Waals surface area contributed by atoms with Gasteiger partial charge in [0.15, 0.2) is 0 Å². The molecule has 0 nitrogen and oxygen atoms in total. The van der Waals surface area contributed by atoms with E-state index in [-0.39, 0.29) is 0 Å². The average Bonchev–Trinajstić information content (AvgIpc) is 3.17. The predicted octanol–water partition coefficient (Wildman–Crippen LogP) is 12.0. The van der Waals surface area contributed by atoms with Gasteiger partial charge < -0.3 is 0 Å². The summed E-state index contributed by atoms with van der Waals surface area (Å²) >= 11 is 0. The highest BCUT2D eigenvalue weighted by molar-refractivity contribution is 7.20. The van der Waals surface area contributed by atoms with Gasteiger partial charge in [0.1, 0.15) is 0 Å². The molecule has 0 heterocycles. The summed E-state index contributed by atoms with van der Waals surface area (Å²) < 4.78 is 0. The molecule has 0 saturated carbocycles. The lowest BCUT2D eigenvalue weighted by Gasteiger charge is -2.42. The van der Waals surface area contributed by atoms with E-state index in [4.69, 9.17) is 0 Å². The number of benzene rings is 8. The van der Waals surface area contributed by atoms with Crippen LogP contribution in [0.15, 0.2) is 194 Å². The van der Waals surface area contributed by atoms with Crippen molar-refractivity contribution in [1.82, 2.24) is 0 Å². The second-order valence-electron chi connectivity index (χ2n) is 12.5. The van der Waals surface area contributed by atoms with Gasteiger partial charge in [-0.1, -0.05) is 188 Å². The van der Waals surface area contributed by atoms with Crippen molar-refractivity contribution in [2.75, 3.05) is 0 Å². The van der Waals surface area contributed by atoms with Gasteiger partial charge in [0.05, 0.1) is 10.3 Å². The third-order valence-corrected chi connectivity index (χ3v) is 11.8. The molecule has 0 fully saturated rings. The van der Waals surface area contributed by atoms with Crippen molar-refractivity contribution in [3.63, 3.8) is 0 Å². The molecule has 0 radical (unpaired) electrons. The van der Waals surface area contributed by atoms with Gasteiger partial charge in [-0.05, 0) is 72.1 Å². The lowest BCUT2D eigenvalue weighted by atomic mass is 9.71. The molecule has 2 atom stereocenters. The molecule has 0 bridgehead atoms. The van der Waals surface area contributed by atoms with E-state index in [9.17, 15) is 0 Å². The molecule has 0 aliphatic rings. The zero-order valence-electron chi connectivity index (χ0n) is 26.6. The maximum Gasteiger partial charge on any atom is 0.0600 e. The fraction of sp³-hybridized carbons (Fsp3) is 0.0435. The molecule has 0 aliphatic heterocycles. The van der Waals surface area contributed by atoms with Crippen molar-refractivity contribution >= 4 is 40.0 Å². The predicted molar refractivity (Wildman–Crippen MR) is 212 cm³/mol. The lowest BCUT2D eigenvalue weighted by molar-refractivity contribution is 0.822. The van der Waals surface area contributed by atoms with Crippen LogP contribution in [0.1, 0.15) is 33.4 Å². The fourth-order valence-electron chi connectivity index (χ4n) is 7.53. The van der Waals surface area contributed by atoms with Gasteiger partial charge in [0.2, 0.25) is 0 Å². The van der Waals surface area contributed by atoms with Crippen LogP contribution >= 0.6 is 18.5 Å². The Bertz CT molecular complexity index is 2260. The van der Waals surface area contributed by atoms with Crippen molar-refractivity contribution in [3.8, 4) is 11.1 Å². The van der Waals surface area contributed by atoms with Gasteiger partial charge in [-0.3, -0.25) is 0 Å². The summed E-state index contributed by atoms with van der Waals surface area (Å²) in [6.45, 7) is 0. The quantitative estimate of drug-likeness (QED) is 0.119. The van der Waals surface area contributed by atoms with E-state index in [1.54, 1.807) is 0 Å². The van der Waals surface area contributed by atoms with Crippen molar-refractivity contribution in [1.29, 1.82) is 0 Å². The van der Waals surface area contributed by atoms with Crippen LogP contribution < -0.4 is 0 Å². The van der Waals surface area contributed by atoms with E-state index in [1.165, 1.54) is 66.1 Å². The molecule has 0 amide bonds. The van der Waals surface area contributed by atoms with E-state index in [0.29, 0.717) is 0 Å². The van der Waals surface area contributed by atoms with Gasteiger partial charge in [-0.15, -0.1) is 18.5 Å². The highest BCUT2D eigenvalue weighted by atomic mass is 31.0. The highest BCUT2D eigenvalue weighted by Crippen LogP contribution is 2.58. The zero-order valence-corrected chi connectivity index (χ0v) is 28.9. The Hall–Kier alpha value is -4.86. The van der Waals surface area contributed by atoms with E-state index in [2.05, 4.69) is 213 Å². The number of hydrogen-bond acceptors (Lipinski definition) is 0. The Morgan fingerprint density at radius 2 is 0.729 bits per heavy atom. The molecular weight excluding hydrogens is 614 g/mol. The summed E-state index contributed by atoms with van der Waals surface area (Å²) in [5.74, 6) is 0. The second-order valence-corrected chi connectivity index (χ2v) is 14.2. The fourth-order valence-corrected chi connectivity index (χ4v) is 8.83. The molecule has 0 saturated heterocycles. The van der Waals surface area contributed by atoms with Crippen molar-refractivity contribution < 1.29 is 0 Å². The van der Waals surface area contributed by atoms with Gasteiger partial charge >= 0.3 is 0 Å². The molecule has 0 N–H and O–H groups in total. The highest BCUT2D eigenvalue weighted by Gasteiger charge is 2.43. The first-order valence-corrected chi connectivity index (χ1v) is 17.6. The van der Waals surface area contributed by atoms with Crippen LogP contribution in [0.2, 0.25) is 0 Å². The summed E-state index contributed by atoms with van der Waals surface area (Å²) in [7, 11) is 6.75. The van der Waals surface area contributed by atoms with Gasteiger partial charge in [0.25, 0.3) is 0 Å². The van der Waals surface area contributed by atoms with Crippen LogP contribution in [0.3, 0.4) is 0 Å². The van der Waals surface area contributed by atoms with Crippen molar-refractivity contribution in [2.45, 2.75) is 10.3 Å². The van der Waals surface area contributed by atoms with E-state index >= 15 is 0 Å².